The smallest absolute Gasteiger partial charge is 0.335 e. The second-order valence-corrected chi connectivity index (χ2v) is 7.86. The van der Waals surface area contributed by atoms with E-state index in [1.165, 1.54) is 12.1 Å². The number of carbonyl (C=O) groups is 2. The van der Waals surface area contributed by atoms with Gasteiger partial charge in [-0.05, 0) is 35.4 Å². The highest BCUT2D eigenvalue weighted by molar-refractivity contribution is 6.42. The Morgan fingerprint density at radius 2 is 1.80 bits per heavy atom. The summed E-state index contributed by atoms with van der Waals surface area (Å²) in [6.07, 6.45) is -0.109. The third-order valence-electron chi connectivity index (χ3n) is 4.76. The molecule has 3 rings (SSSR count). The van der Waals surface area contributed by atoms with Crippen molar-refractivity contribution in [3.05, 3.63) is 69.2 Å². The number of amides is 2. The third kappa shape index (κ3) is 6.60. The largest absolute Gasteiger partial charge is 0.478 e. The van der Waals surface area contributed by atoms with Crippen molar-refractivity contribution in [2.45, 2.75) is 19.2 Å². The number of halogens is 2. The van der Waals surface area contributed by atoms with Gasteiger partial charge in [0.15, 0.2) is 0 Å². The Kier molecular flexibility index (Phi) is 7.93. The fourth-order valence-electron chi connectivity index (χ4n) is 3.16. The summed E-state index contributed by atoms with van der Waals surface area (Å²) in [5.74, 6) is -0.979. The number of carboxylic acid groups (broad SMARTS) is 1. The molecule has 0 radical (unpaired) electrons. The van der Waals surface area contributed by atoms with Gasteiger partial charge >= 0.3 is 12.0 Å². The second-order valence-electron chi connectivity index (χ2n) is 7.04. The lowest BCUT2D eigenvalue weighted by Crippen LogP contribution is -2.48. The molecule has 0 unspecified atom stereocenters. The lowest BCUT2D eigenvalue weighted by molar-refractivity contribution is -0.0287. The number of urea groups is 1. The first-order valence-corrected chi connectivity index (χ1v) is 10.3. The summed E-state index contributed by atoms with van der Waals surface area (Å²) in [4.78, 5) is 25.2. The minimum atomic E-state index is -0.979. The molecule has 0 saturated carbocycles. The maximum absolute atomic E-state index is 12.1. The number of aromatic carboxylic acids is 1. The van der Waals surface area contributed by atoms with E-state index in [4.69, 9.17) is 33.0 Å². The molecule has 1 aliphatic heterocycles. The molecule has 30 heavy (non-hydrogen) atoms. The fraction of sp³-hybridized carbons (Fsp3) is 0.333. The van der Waals surface area contributed by atoms with Crippen molar-refractivity contribution in [1.29, 1.82) is 0 Å². The quantitative estimate of drug-likeness (QED) is 0.599. The highest BCUT2D eigenvalue weighted by Gasteiger charge is 2.21. The molecule has 1 heterocycles. The van der Waals surface area contributed by atoms with Crippen LogP contribution in [0.4, 0.5) is 4.79 Å². The minimum absolute atomic E-state index is 0.109. The third-order valence-corrected chi connectivity index (χ3v) is 5.50. The Morgan fingerprint density at radius 3 is 2.50 bits per heavy atom. The number of rotatable bonds is 7. The topological polar surface area (TPSA) is 90.9 Å². The van der Waals surface area contributed by atoms with Crippen molar-refractivity contribution >= 4 is 35.2 Å². The molecule has 0 spiro atoms. The molecule has 0 aliphatic carbocycles. The molecule has 2 aromatic carbocycles. The van der Waals surface area contributed by atoms with E-state index in [1.807, 2.05) is 12.1 Å². The van der Waals surface area contributed by atoms with Crippen LogP contribution < -0.4 is 10.6 Å². The van der Waals surface area contributed by atoms with Crippen molar-refractivity contribution in [2.24, 2.45) is 0 Å². The van der Waals surface area contributed by atoms with Crippen molar-refractivity contribution in [3.8, 4) is 0 Å². The summed E-state index contributed by atoms with van der Waals surface area (Å²) in [5, 5.41) is 15.6. The van der Waals surface area contributed by atoms with E-state index in [2.05, 4.69) is 15.5 Å². The van der Waals surface area contributed by atoms with Crippen LogP contribution in [0.3, 0.4) is 0 Å². The lowest BCUT2D eigenvalue weighted by Gasteiger charge is -2.33. The molecule has 9 heteroatoms. The molecule has 0 aromatic heterocycles. The van der Waals surface area contributed by atoms with E-state index >= 15 is 0 Å². The number of benzene rings is 2. The van der Waals surface area contributed by atoms with Crippen LogP contribution in [0.15, 0.2) is 42.5 Å². The van der Waals surface area contributed by atoms with E-state index in [1.54, 1.807) is 18.2 Å². The van der Waals surface area contributed by atoms with Gasteiger partial charge in [-0.2, -0.15) is 0 Å². The maximum Gasteiger partial charge on any atom is 0.335 e. The van der Waals surface area contributed by atoms with Crippen molar-refractivity contribution < 1.29 is 19.4 Å². The molecule has 3 N–H and O–H groups in total. The zero-order valence-corrected chi connectivity index (χ0v) is 17.7. The summed E-state index contributed by atoms with van der Waals surface area (Å²) in [6, 6.07) is 11.7. The van der Waals surface area contributed by atoms with E-state index in [0.717, 1.165) is 24.2 Å². The maximum atomic E-state index is 12.1. The van der Waals surface area contributed by atoms with Gasteiger partial charge in [0.25, 0.3) is 0 Å². The highest BCUT2D eigenvalue weighted by atomic mass is 35.5. The predicted octanol–water partition coefficient (Wildman–Crippen LogP) is 3.39. The average molecular weight is 452 g/mol. The van der Waals surface area contributed by atoms with Crippen LogP contribution in [0.5, 0.6) is 0 Å². The van der Waals surface area contributed by atoms with Gasteiger partial charge in [0.05, 0.1) is 28.3 Å². The molecule has 160 valence electrons. The van der Waals surface area contributed by atoms with Gasteiger partial charge in [-0.1, -0.05) is 41.4 Å². The molecule has 1 saturated heterocycles. The van der Waals surface area contributed by atoms with Gasteiger partial charge in [-0.3, -0.25) is 4.90 Å². The van der Waals surface area contributed by atoms with E-state index in [0.29, 0.717) is 36.3 Å². The first-order chi connectivity index (χ1) is 14.4. The van der Waals surface area contributed by atoms with Gasteiger partial charge in [-0.15, -0.1) is 0 Å². The van der Waals surface area contributed by atoms with Gasteiger partial charge < -0.3 is 20.5 Å². The van der Waals surface area contributed by atoms with Gasteiger partial charge in [0.2, 0.25) is 0 Å². The van der Waals surface area contributed by atoms with Crippen LogP contribution in [0.2, 0.25) is 10.0 Å². The molecule has 0 bridgehead atoms. The molecule has 1 aliphatic rings. The number of nitrogens with zero attached hydrogens (tertiary/aromatic N) is 1. The Balaban J connectivity index is 1.40. The minimum Gasteiger partial charge on any atom is -0.478 e. The van der Waals surface area contributed by atoms with Crippen LogP contribution in [-0.4, -0.2) is 54.4 Å². The number of carbonyl (C=O) groups excluding carboxylic acids is 1. The summed E-state index contributed by atoms with van der Waals surface area (Å²) in [6.45, 7) is 3.51. The number of nitrogens with one attached hydrogen (secondary N) is 2. The average Bonchev–Trinajstić information content (AvgIpc) is 2.74. The number of carboxylic acids is 1. The number of hydrogen-bond donors (Lipinski definition) is 3. The van der Waals surface area contributed by atoms with Crippen molar-refractivity contribution in [1.82, 2.24) is 15.5 Å². The Morgan fingerprint density at radius 1 is 1.07 bits per heavy atom. The summed E-state index contributed by atoms with van der Waals surface area (Å²) in [5.41, 5.74) is 2.10. The molecular formula is C21H23Cl2N3O4. The van der Waals surface area contributed by atoms with Crippen LogP contribution in [0, 0.1) is 0 Å². The molecule has 2 aromatic rings. The molecule has 1 fully saturated rings. The summed E-state index contributed by atoms with van der Waals surface area (Å²) < 4.78 is 5.75. The van der Waals surface area contributed by atoms with Crippen LogP contribution >= 0.6 is 23.2 Å². The Bertz CT molecular complexity index is 892. The Labute approximate surface area is 184 Å². The van der Waals surface area contributed by atoms with E-state index in [-0.39, 0.29) is 17.7 Å². The van der Waals surface area contributed by atoms with Gasteiger partial charge in [-0.25, -0.2) is 9.59 Å². The highest BCUT2D eigenvalue weighted by Crippen LogP contribution is 2.23. The Hall–Kier alpha value is -2.32. The van der Waals surface area contributed by atoms with Crippen LogP contribution in [0.25, 0.3) is 0 Å². The van der Waals surface area contributed by atoms with Crippen LogP contribution in [0.1, 0.15) is 21.5 Å². The zero-order chi connectivity index (χ0) is 21.5. The fourth-order valence-corrected chi connectivity index (χ4v) is 3.48. The molecule has 7 nitrogen and oxygen atoms in total. The monoisotopic (exact) mass is 451 g/mol. The van der Waals surface area contributed by atoms with Crippen molar-refractivity contribution in [2.75, 3.05) is 26.2 Å². The molecule has 1 atom stereocenters. The molecule has 2 amide bonds. The normalized spacial score (nSPS) is 16.8. The second kappa shape index (κ2) is 10.6. The predicted molar refractivity (Wildman–Crippen MR) is 115 cm³/mol. The van der Waals surface area contributed by atoms with Crippen molar-refractivity contribution in [3.63, 3.8) is 0 Å². The summed E-state index contributed by atoms with van der Waals surface area (Å²) >= 11 is 12.1. The van der Waals surface area contributed by atoms with E-state index < -0.39 is 5.97 Å². The van der Waals surface area contributed by atoms with Crippen LogP contribution in [-0.2, 0) is 17.8 Å². The molecular weight excluding hydrogens is 429 g/mol. The SMILES string of the molecule is O=C(NCc1ccc(C(=O)O)cc1)NC[C@H]1CN(Cc2ccc(Cl)c(Cl)c2)CCO1. The first kappa shape index (κ1) is 22.4. The van der Waals surface area contributed by atoms with E-state index in [9.17, 15) is 9.59 Å². The summed E-state index contributed by atoms with van der Waals surface area (Å²) in [7, 11) is 0. The number of hydrogen-bond acceptors (Lipinski definition) is 4. The van der Waals surface area contributed by atoms with Gasteiger partial charge in [0.1, 0.15) is 0 Å². The van der Waals surface area contributed by atoms with Gasteiger partial charge in [0, 0.05) is 32.7 Å². The number of ether oxygens (including phenoxy) is 1. The standard InChI is InChI=1S/C21H23Cl2N3O4/c22-18-6-3-15(9-19(18)23)12-26-7-8-30-17(13-26)11-25-21(29)24-10-14-1-4-16(5-2-14)20(27)28/h1-6,9,17H,7-8,10-13H2,(H,27,28)(H2,24,25,29)/t17-/m0/s1. The number of morpholine rings is 1. The zero-order valence-electron chi connectivity index (χ0n) is 16.2. The first-order valence-electron chi connectivity index (χ1n) is 9.52. The lowest BCUT2D eigenvalue weighted by atomic mass is 10.1.